The lowest BCUT2D eigenvalue weighted by Gasteiger charge is -2.28. The molecule has 0 radical (unpaired) electrons. The highest BCUT2D eigenvalue weighted by Crippen LogP contribution is 2.40. The van der Waals surface area contributed by atoms with Gasteiger partial charge >= 0.3 is 12.1 Å². The number of rotatable bonds is 8. The third-order valence-electron chi connectivity index (χ3n) is 3.89. The van der Waals surface area contributed by atoms with Gasteiger partial charge in [-0.2, -0.15) is 13.2 Å². The summed E-state index contributed by atoms with van der Waals surface area (Å²) >= 11 is 0. The van der Waals surface area contributed by atoms with E-state index in [1.807, 2.05) is 0 Å². The van der Waals surface area contributed by atoms with Crippen LogP contribution in [0.25, 0.3) is 0 Å². The fraction of sp³-hybridized carbons (Fsp3) is 0.529. The third-order valence-corrected chi connectivity index (χ3v) is 3.89. The van der Waals surface area contributed by atoms with Crippen LogP contribution in [-0.2, 0) is 9.59 Å². The van der Waals surface area contributed by atoms with Gasteiger partial charge in [0.05, 0.1) is 32.1 Å². The molecule has 0 heterocycles. The summed E-state index contributed by atoms with van der Waals surface area (Å²) in [6.45, 7) is 1.82. The van der Waals surface area contributed by atoms with Crippen molar-refractivity contribution in [2.45, 2.75) is 38.9 Å². The first kappa shape index (κ1) is 21.6. The molecule has 1 amide bonds. The maximum absolute atomic E-state index is 12.9. The molecule has 0 fully saturated rings. The lowest BCUT2D eigenvalue weighted by molar-refractivity contribution is -0.213. The van der Waals surface area contributed by atoms with E-state index in [2.05, 4.69) is 5.32 Å². The number of ether oxygens (including phenoxy) is 2. The Labute approximate surface area is 149 Å². The van der Waals surface area contributed by atoms with Gasteiger partial charge in [-0.25, -0.2) is 0 Å². The molecular formula is C17H22F3NO5. The van der Waals surface area contributed by atoms with E-state index in [0.29, 0.717) is 17.1 Å². The van der Waals surface area contributed by atoms with E-state index in [4.69, 9.17) is 14.6 Å². The van der Waals surface area contributed by atoms with E-state index >= 15 is 0 Å². The molecule has 1 atom stereocenters. The number of benzene rings is 1. The first-order valence-electron chi connectivity index (χ1n) is 7.71. The zero-order chi connectivity index (χ0) is 20.1. The van der Waals surface area contributed by atoms with E-state index in [9.17, 15) is 22.8 Å². The molecule has 1 aromatic rings. The van der Waals surface area contributed by atoms with E-state index < -0.39 is 42.4 Å². The number of amides is 1. The summed E-state index contributed by atoms with van der Waals surface area (Å²) in [4.78, 5) is 23.2. The number of nitrogens with one attached hydrogen (secondary N) is 1. The quantitative estimate of drug-likeness (QED) is 0.726. The highest BCUT2D eigenvalue weighted by molar-refractivity contribution is 5.78. The molecule has 0 spiro atoms. The van der Waals surface area contributed by atoms with Gasteiger partial charge < -0.3 is 19.9 Å². The average Bonchev–Trinajstić information content (AvgIpc) is 2.51. The fourth-order valence-electron chi connectivity index (χ4n) is 2.24. The van der Waals surface area contributed by atoms with Crippen molar-refractivity contribution >= 4 is 11.9 Å². The summed E-state index contributed by atoms with van der Waals surface area (Å²) in [5, 5.41) is 11.4. The van der Waals surface area contributed by atoms with Crippen LogP contribution >= 0.6 is 0 Å². The Hall–Kier alpha value is -2.45. The normalized spacial score (nSPS) is 13.0. The SMILES string of the molecule is COc1ccc(C(CC(=O)O)NC(=O)CC(C)(C)C(F)(F)F)cc1OC. The van der Waals surface area contributed by atoms with Crippen LogP contribution in [-0.4, -0.2) is 37.4 Å². The summed E-state index contributed by atoms with van der Waals surface area (Å²) in [6.07, 6.45) is -5.87. The number of hydrogen-bond acceptors (Lipinski definition) is 4. The molecule has 26 heavy (non-hydrogen) atoms. The Balaban J connectivity index is 3.05. The van der Waals surface area contributed by atoms with Crippen LogP contribution in [0.4, 0.5) is 13.2 Å². The van der Waals surface area contributed by atoms with Crippen LogP contribution in [0.1, 0.15) is 38.3 Å². The second kappa shape index (κ2) is 8.29. The highest BCUT2D eigenvalue weighted by atomic mass is 19.4. The molecule has 9 heteroatoms. The minimum Gasteiger partial charge on any atom is -0.493 e. The van der Waals surface area contributed by atoms with Gasteiger partial charge in [-0.05, 0) is 17.7 Å². The van der Waals surface area contributed by atoms with Crippen molar-refractivity contribution in [3.8, 4) is 11.5 Å². The second-order valence-electron chi connectivity index (χ2n) is 6.39. The van der Waals surface area contributed by atoms with Crippen molar-refractivity contribution in [3.05, 3.63) is 23.8 Å². The topological polar surface area (TPSA) is 84.9 Å². The number of aliphatic carboxylic acids is 1. The number of carbonyl (C=O) groups is 2. The summed E-state index contributed by atoms with van der Waals surface area (Å²) in [5.41, 5.74) is -1.86. The Morgan fingerprint density at radius 1 is 1.15 bits per heavy atom. The predicted octanol–water partition coefficient (Wildman–Crippen LogP) is 3.31. The number of alkyl halides is 3. The molecule has 0 saturated carbocycles. The van der Waals surface area contributed by atoms with Gasteiger partial charge in [0.25, 0.3) is 0 Å². The molecule has 2 N–H and O–H groups in total. The van der Waals surface area contributed by atoms with Crippen molar-refractivity contribution in [1.82, 2.24) is 5.32 Å². The van der Waals surface area contributed by atoms with Crippen molar-refractivity contribution in [2.24, 2.45) is 5.41 Å². The number of carbonyl (C=O) groups excluding carboxylic acids is 1. The summed E-state index contributed by atoms with van der Waals surface area (Å²) in [5.74, 6) is -1.39. The molecule has 0 saturated heterocycles. The van der Waals surface area contributed by atoms with Gasteiger partial charge in [-0.15, -0.1) is 0 Å². The molecular weight excluding hydrogens is 355 g/mol. The summed E-state index contributed by atoms with van der Waals surface area (Å²) in [6, 6.07) is 3.50. The van der Waals surface area contributed by atoms with E-state index in [1.54, 1.807) is 0 Å². The van der Waals surface area contributed by atoms with Gasteiger partial charge in [0.1, 0.15) is 0 Å². The van der Waals surface area contributed by atoms with Crippen LogP contribution in [0, 0.1) is 5.41 Å². The van der Waals surface area contributed by atoms with Crippen LogP contribution in [0.5, 0.6) is 11.5 Å². The fourth-order valence-corrected chi connectivity index (χ4v) is 2.24. The molecule has 0 aliphatic rings. The first-order chi connectivity index (χ1) is 11.9. The lowest BCUT2D eigenvalue weighted by atomic mass is 9.88. The monoisotopic (exact) mass is 377 g/mol. The number of hydrogen-bond donors (Lipinski definition) is 2. The predicted molar refractivity (Wildman–Crippen MR) is 87.1 cm³/mol. The maximum Gasteiger partial charge on any atom is 0.394 e. The average molecular weight is 377 g/mol. The first-order valence-corrected chi connectivity index (χ1v) is 7.71. The van der Waals surface area contributed by atoms with E-state index in [0.717, 1.165) is 13.8 Å². The number of carboxylic acids is 1. The zero-order valence-corrected chi connectivity index (χ0v) is 14.9. The van der Waals surface area contributed by atoms with E-state index in [-0.39, 0.29) is 0 Å². The van der Waals surface area contributed by atoms with Crippen LogP contribution in [0.15, 0.2) is 18.2 Å². The zero-order valence-electron chi connectivity index (χ0n) is 14.9. The number of carboxylic acid groups (broad SMARTS) is 1. The maximum atomic E-state index is 12.9. The molecule has 0 aliphatic heterocycles. The van der Waals surface area contributed by atoms with Crippen molar-refractivity contribution in [2.75, 3.05) is 14.2 Å². The van der Waals surface area contributed by atoms with Crippen LogP contribution in [0.3, 0.4) is 0 Å². The molecule has 1 unspecified atom stereocenters. The standard InChI is InChI=1S/C17H22F3NO5/c1-16(2,17(18,19)20)9-14(22)21-11(8-15(23)24)10-5-6-12(25-3)13(7-10)26-4/h5-7,11H,8-9H2,1-4H3,(H,21,22)(H,23,24). The van der Waals surface area contributed by atoms with Gasteiger partial charge in [0.2, 0.25) is 5.91 Å². The highest BCUT2D eigenvalue weighted by Gasteiger charge is 2.48. The molecule has 0 aliphatic carbocycles. The number of methoxy groups -OCH3 is 2. The molecule has 0 aromatic heterocycles. The Bertz CT molecular complexity index is 658. The summed E-state index contributed by atoms with van der Waals surface area (Å²) < 4.78 is 49.0. The third kappa shape index (κ3) is 5.53. The van der Waals surface area contributed by atoms with E-state index in [1.165, 1.54) is 32.4 Å². The largest absolute Gasteiger partial charge is 0.493 e. The Morgan fingerprint density at radius 3 is 2.19 bits per heavy atom. The van der Waals surface area contributed by atoms with Crippen molar-refractivity contribution < 1.29 is 37.3 Å². The van der Waals surface area contributed by atoms with Gasteiger partial charge in [-0.1, -0.05) is 19.9 Å². The second-order valence-corrected chi connectivity index (χ2v) is 6.39. The molecule has 1 aromatic carbocycles. The molecule has 6 nitrogen and oxygen atoms in total. The van der Waals surface area contributed by atoms with Gasteiger partial charge in [0, 0.05) is 6.42 Å². The lowest BCUT2D eigenvalue weighted by Crippen LogP contribution is -2.39. The smallest absolute Gasteiger partial charge is 0.394 e. The Morgan fingerprint density at radius 2 is 1.73 bits per heavy atom. The minimum atomic E-state index is -4.56. The van der Waals surface area contributed by atoms with Crippen molar-refractivity contribution in [3.63, 3.8) is 0 Å². The van der Waals surface area contributed by atoms with Gasteiger partial charge in [0.15, 0.2) is 11.5 Å². The van der Waals surface area contributed by atoms with Crippen LogP contribution in [0.2, 0.25) is 0 Å². The molecule has 1 rings (SSSR count). The van der Waals surface area contributed by atoms with Crippen LogP contribution < -0.4 is 14.8 Å². The molecule has 0 bridgehead atoms. The minimum absolute atomic E-state index is 0.310. The van der Waals surface area contributed by atoms with Crippen molar-refractivity contribution in [1.29, 1.82) is 0 Å². The number of halogens is 3. The van der Waals surface area contributed by atoms with Gasteiger partial charge in [-0.3, -0.25) is 9.59 Å². The summed E-state index contributed by atoms with van der Waals surface area (Å²) in [7, 11) is 2.81. The molecule has 146 valence electrons. The Kier molecular flexibility index (Phi) is 6.88.